The summed E-state index contributed by atoms with van der Waals surface area (Å²) in [6.45, 7) is 9.72. The highest BCUT2D eigenvalue weighted by Gasteiger charge is 2.32. The number of ether oxygens (including phenoxy) is 1. The number of rotatable bonds is 7. The second-order valence-corrected chi connectivity index (χ2v) is 5.49. The minimum atomic E-state index is -0.385. The molecule has 0 saturated heterocycles. The van der Waals surface area contributed by atoms with Gasteiger partial charge in [0.2, 0.25) is 0 Å². The Morgan fingerprint density at radius 3 is 2.74 bits per heavy atom. The Morgan fingerprint density at radius 2 is 2.16 bits per heavy atom. The molecule has 0 radical (unpaired) electrons. The van der Waals surface area contributed by atoms with Gasteiger partial charge in [0, 0.05) is 18.4 Å². The molecule has 1 aromatic heterocycles. The zero-order valence-corrected chi connectivity index (χ0v) is 12.9. The van der Waals surface area contributed by atoms with Crippen molar-refractivity contribution in [2.45, 2.75) is 45.8 Å². The van der Waals surface area contributed by atoms with Crippen LogP contribution in [0.1, 0.15) is 45.7 Å². The van der Waals surface area contributed by atoms with Gasteiger partial charge < -0.3 is 15.8 Å². The maximum Gasteiger partial charge on any atom is 0.128 e. The van der Waals surface area contributed by atoms with Crippen LogP contribution in [0.15, 0.2) is 12.3 Å². The third-order valence-corrected chi connectivity index (χ3v) is 3.24. The normalized spacial score (nSPS) is 13.5. The van der Waals surface area contributed by atoms with E-state index in [1.54, 1.807) is 6.20 Å². The van der Waals surface area contributed by atoms with E-state index >= 15 is 0 Å². The third-order valence-electron chi connectivity index (χ3n) is 3.04. The van der Waals surface area contributed by atoms with Crippen molar-refractivity contribution in [1.82, 2.24) is 10.3 Å². The third kappa shape index (κ3) is 4.34. The Labute approximate surface area is 120 Å². The van der Waals surface area contributed by atoms with Crippen LogP contribution in [0.3, 0.4) is 0 Å². The summed E-state index contributed by atoms with van der Waals surface area (Å²) >= 11 is 6.04. The fraction of sp³-hybridized carbons (Fsp3) is 0.643. The van der Waals surface area contributed by atoms with Gasteiger partial charge in [0.25, 0.3) is 0 Å². The second kappa shape index (κ2) is 7.08. The van der Waals surface area contributed by atoms with Gasteiger partial charge in [0.15, 0.2) is 0 Å². The van der Waals surface area contributed by atoms with Crippen LogP contribution in [0.2, 0.25) is 5.02 Å². The Balaban J connectivity index is 3.11. The van der Waals surface area contributed by atoms with E-state index in [0.717, 1.165) is 18.5 Å². The van der Waals surface area contributed by atoms with Crippen LogP contribution in [0, 0.1) is 0 Å². The lowest BCUT2D eigenvalue weighted by Gasteiger charge is -2.35. The van der Waals surface area contributed by atoms with Crippen LogP contribution in [0.5, 0.6) is 0 Å². The lowest BCUT2D eigenvalue weighted by Crippen LogP contribution is -2.42. The summed E-state index contributed by atoms with van der Waals surface area (Å²) in [7, 11) is 0. The molecule has 0 aliphatic heterocycles. The fourth-order valence-electron chi connectivity index (χ4n) is 2.17. The van der Waals surface area contributed by atoms with Crippen molar-refractivity contribution < 1.29 is 4.74 Å². The van der Waals surface area contributed by atoms with Crippen LogP contribution < -0.4 is 11.1 Å². The first-order valence-electron chi connectivity index (χ1n) is 6.70. The number of hydrogen-bond acceptors (Lipinski definition) is 4. The monoisotopic (exact) mass is 285 g/mol. The van der Waals surface area contributed by atoms with Crippen molar-refractivity contribution >= 4 is 17.4 Å². The van der Waals surface area contributed by atoms with Gasteiger partial charge in [-0.15, -0.1) is 0 Å². The van der Waals surface area contributed by atoms with E-state index in [2.05, 4.69) is 17.2 Å². The highest BCUT2D eigenvalue weighted by Crippen LogP contribution is 2.32. The SMILES string of the molecule is CCCNC(c1cc(Cl)cnc1N)C(C)(C)OCC. The van der Waals surface area contributed by atoms with Gasteiger partial charge in [-0.05, 0) is 39.8 Å². The maximum atomic E-state index is 6.04. The van der Waals surface area contributed by atoms with Crippen LogP contribution in [0.4, 0.5) is 5.82 Å². The fourth-order valence-corrected chi connectivity index (χ4v) is 2.34. The van der Waals surface area contributed by atoms with E-state index in [1.807, 2.05) is 26.8 Å². The number of nitrogens with two attached hydrogens (primary N) is 1. The number of nitrogen functional groups attached to an aromatic ring is 1. The highest BCUT2D eigenvalue weighted by molar-refractivity contribution is 6.30. The van der Waals surface area contributed by atoms with Gasteiger partial charge in [-0.2, -0.15) is 0 Å². The summed E-state index contributed by atoms with van der Waals surface area (Å²) in [5, 5.41) is 4.06. The van der Waals surface area contributed by atoms with E-state index in [4.69, 9.17) is 22.1 Å². The van der Waals surface area contributed by atoms with E-state index in [0.29, 0.717) is 17.4 Å². The summed E-state index contributed by atoms with van der Waals surface area (Å²) < 4.78 is 5.85. The lowest BCUT2D eigenvalue weighted by molar-refractivity contribution is -0.0390. The average molecular weight is 286 g/mol. The molecule has 1 rings (SSSR count). The van der Waals surface area contributed by atoms with Crippen LogP contribution in [-0.4, -0.2) is 23.7 Å². The Hall–Kier alpha value is -0.840. The topological polar surface area (TPSA) is 60.2 Å². The molecule has 0 saturated carbocycles. The molecule has 0 spiro atoms. The van der Waals surface area contributed by atoms with Crippen LogP contribution in [-0.2, 0) is 4.74 Å². The van der Waals surface area contributed by atoms with Gasteiger partial charge in [-0.1, -0.05) is 18.5 Å². The van der Waals surface area contributed by atoms with Gasteiger partial charge in [0.1, 0.15) is 5.82 Å². The number of nitrogens with one attached hydrogen (secondary N) is 1. The maximum absolute atomic E-state index is 6.04. The summed E-state index contributed by atoms with van der Waals surface area (Å²) in [6, 6.07) is 1.82. The molecule has 19 heavy (non-hydrogen) atoms. The van der Waals surface area contributed by atoms with Gasteiger partial charge >= 0.3 is 0 Å². The van der Waals surface area contributed by atoms with E-state index in [-0.39, 0.29) is 11.6 Å². The molecule has 3 N–H and O–H groups in total. The summed E-state index contributed by atoms with van der Waals surface area (Å²) in [6.07, 6.45) is 2.59. The van der Waals surface area contributed by atoms with Crippen molar-refractivity contribution in [2.24, 2.45) is 0 Å². The predicted molar refractivity (Wildman–Crippen MR) is 80.4 cm³/mol. The largest absolute Gasteiger partial charge is 0.383 e. The molecule has 0 bridgehead atoms. The minimum Gasteiger partial charge on any atom is -0.383 e. The summed E-state index contributed by atoms with van der Waals surface area (Å²) in [5.41, 5.74) is 6.49. The molecule has 4 nitrogen and oxygen atoms in total. The Kier molecular flexibility index (Phi) is 6.04. The Morgan fingerprint density at radius 1 is 1.47 bits per heavy atom. The number of aromatic nitrogens is 1. The Bertz CT molecular complexity index is 410. The average Bonchev–Trinajstić information content (AvgIpc) is 2.33. The van der Waals surface area contributed by atoms with E-state index in [9.17, 15) is 0 Å². The summed E-state index contributed by atoms with van der Waals surface area (Å²) in [4.78, 5) is 4.13. The van der Waals surface area contributed by atoms with Gasteiger partial charge in [-0.25, -0.2) is 4.98 Å². The molecule has 0 aliphatic rings. The standard InChI is InChI=1S/C14H24ClN3O/c1-5-7-17-12(14(3,4)19-6-2)11-8-10(15)9-18-13(11)16/h8-9,12,17H,5-7H2,1-4H3,(H2,16,18). The van der Waals surface area contributed by atoms with E-state index in [1.165, 1.54) is 0 Å². The second-order valence-electron chi connectivity index (χ2n) is 5.05. The molecule has 1 unspecified atom stereocenters. The van der Waals surface area contributed by atoms with Crippen molar-refractivity contribution in [3.05, 3.63) is 22.8 Å². The minimum absolute atomic E-state index is 0.0430. The number of halogens is 1. The molecule has 1 aromatic rings. The molecular weight excluding hydrogens is 262 g/mol. The first kappa shape index (κ1) is 16.2. The number of anilines is 1. The number of pyridine rings is 1. The van der Waals surface area contributed by atoms with Crippen molar-refractivity contribution in [3.8, 4) is 0 Å². The molecule has 1 atom stereocenters. The zero-order valence-electron chi connectivity index (χ0n) is 12.2. The smallest absolute Gasteiger partial charge is 0.128 e. The molecule has 108 valence electrons. The molecule has 5 heteroatoms. The van der Waals surface area contributed by atoms with Crippen molar-refractivity contribution in [2.75, 3.05) is 18.9 Å². The van der Waals surface area contributed by atoms with Crippen LogP contribution in [0.25, 0.3) is 0 Å². The number of nitrogens with zero attached hydrogens (tertiary/aromatic N) is 1. The van der Waals surface area contributed by atoms with Gasteiger partial charge in [0.05, 0.1) is 16.7 Å². The lowest BCUT2D eigenvalue weighted by atomic mass is 9.91. The first-order valence-corrected chi connectivity index (χ1v) is 7.08. The predicted octanol–water partition coefficient (Wildman–Crippen LogP) is 3.17. The first-order chi connectivity index (χ1) is 8.92. The molecular formula is C14H24ClN3O. The molecule has 0 aliphatic carbocycles. The zero-order chi connectivity index (χ0) is 14.5. The van der Waals surface area contributed by atoms with Crippen molar-refractivity contribution in [1.29, 1.82) is 0 Å². The molecule has 0 amide bonds. The van der Waals surface area contributed by atoms with E-state index < -0.39 is 0 Å². The molecule has 0 aromatic carbocycles. The van der Waals surface area contributed by atoms with Gasteiger partial charge in [-0.3, -0.25) is 0 Å². The number of hydrogen-bond donors (Lipinski definition) is 2. The highest BCUT2D eigenvalue weighted by atomic mass is 35.5. The molecule has 1 heterocycles. The summed E-state index contributed by atoms with van der Waals surface area (Å²) in [5.74, 6) is 0.491. The molecule has 0 fully saturated rings. The van der Waals surface area contributed by atoms with Crippen LogP contribution >= 0.6 is 11.6 Å². The quantitative estimate of drug-likeness (QED) is 0.808. The van der Waals surface area contributed by atoms with Crippen molar-refractivity contribution in [3.63, 3.8) is 0 Å².